The van der Waals surface area contributed by atoms with Gasteiger partial charge in [-0.2, -0.15) is 0 Å². The Hall–Kier alpha value is -3.06. The summed E-state index contributed by atoms with van der Waals surface area (Å²) in [5.74, 6) is 0. The number of nitrogens with zero attached hydrogens (tertiary/aromatic N) is 1. The Morgan fingerprint density at radius 2 is 1.23 bits per heavy atom. The molecule has 0 saturated carbocycles. The molecule has 0 N–H and O–H groups in total. The first kappa shape index (κ1) is 22.6. The lowest BCUT2D eigenvalue weighted by Gasteiger charge is -2.29. The molecule has 31 heavy (non-hydrogen) atoms. The molecule has 0 spiro atoms. The van der Waals surface area contributed by atoms with E-state index in [9.17, 15) is 0 Å². The Morgan fingerprint density at radius 3 is 1.74 bits per heavy atom. The molecule has 1 aliphatic carbocycles. The molecule has 3 aromatic carbocycles. The second kappa shape index (κ2) is 10.3. The van der Waals surface area contributed by atoms with Crippen molar-refractivity contribution in [1.29, 1.82) is 0 Å². The smallest absolute Gasteiger partial charge is 0.0458 e. The van der Waals surface area contributed by atoms with Crippen molar-refractivity contribution in [2.45, 2.75) is 52.9 Å². The first-order chi connectivity index (χ1) is 15.0. The van der Waals surface area contributed by atoms with Crippen LogP contribution in [0.1, 0.15) is 53.0 Å². The lowest BCUT2D eigenvalue weighted by molar-refractivity contribution is 0.590. The third-order valence-corrected chi connectivity index (χ3v) is 5.50. The van der Waals surface area contributed by atoms with E-state index in [4.69, 9.17) is 0 Å². The van der Waals surface area contributed by atoms with E-state index in [2.05, 4.69) is 123 Å². The molecule has 1 aliphatic rings. The Morgan fingerprint density at radius 1 is 0.677 bits per heavy atom. The van der Waals surface area contributed by atoms with E-state index >= 15 is 0 Å². The lowest BCUT2D eigenvalue weighted by atomic mass is 9.86. The molecule has 0 amide bonds. The van der Waals surface area contributed by atoms with E-state index in [-0.39, 0.29) is 5.41 Å². The zero-order valence-corrected chi connectivity index (χ0v) is 19.6. The number of para-hydroxylation sites is 1. The summed E-state index contributed by atoms with van der Waals surface area (Å²) in [6.07, 6.45) is 8.78. The molecule has 0 aromatic heterocycles. The highest BCUT2D eigenvalue weighted by molar-refractivity contribution is 5.73. The van der Waals surface area contributed by atoms with Crippen LogP contribution in [0.5, 0.6) is 0 Å². The first-order valence-electron chi connectivity index (χ1n) is 11.4. The first-order valence-corrected chi connectivity index (χ1v) is 11.4. The number of allylic oxidation sites excluding steroid dienone is 4. The second-order valence-electron chi connectivity index (χ2n) is 8.67. The summed E-state index contributed by atoms with van der Waals surface area (Å²) in [4.78, 5) is 2.37. The topological polar surface area (TPSA) is 3.24 Å². The molecule has 3 aromatic rings. The number of benzene rings is 3. The van der Waals surface area contributed by atoms with Gasteiger partial charge in [-0.05, 0) is 65.3 Å². The standard InChI is InChI=1S/C28H29N.C2H6/c1-28(2,3)24-18-14-22(15-19-24)23-16-20-27(21-17-23)29(25-10-6-4-7-11-25)26-12-8-5-9-13-26;1-2/h4-8,10-12,14-21H,9,13H2,1-3H3;1-2H3. The highest BCUT2D eigenvalue weighted by Gasteiger charge is 2.16. The maximum atomic E-state index is 2.37. The molecular formula is C30H35N. The minimum absolute atomic E-state index is 0.181. The van der Waals surface area contributed by atoms with Crippen LogP contribution in [0.3, 0.4) is 0 Å². The monoisotopic (exact) mass is 409 g/mol. The van der Waals surface area contributed by atoms with E-state index in [1.54, 1.807) is 0 Å². The van der Waals surface area contributed by atoms with Gasteiger partial charge >= 0.3 is 0 Å². The quantitative estimate of drug-likeness (QED) is 0.415. The third kappa shape index (κ3) is 5.55. The largest absolute Gasteiger partial charge is 0.314 e. The van der Waals surface area contributed by atoms with Crippen LogP contribution >= 0.6 is 0 Å². The molecule has 1 nitrogen and oxygen atoms in total. The average molecular weight is 410 g/mol. The van der Waals surface area contributed by atoms with Crippen molar-refractivity contribution in [1.82, 2.24) is 0 Å². The van der Waals surface area contributed by atoms with Gasteiger partial charge in [0, 0.05) is 17.1 Å². The van der Waals surface area contributed by atoms with Crippen LogP contribution in [0, 0.1) is 0 Å². The molecule has 0 radical (unpaired) electrons. The Bertz CT molecular complexity index is 1000. The molecule has 4 rings (SSSR count). The number of anilines is 2. The molecule has 0 atom stereocenters. The number of hydrogen-bond acceptors (Lipinski definition) is 1. The third-order valence-electron chi connectivity index (χ3n) is 5.50. The van der Waals surface area contributed by atoms with E-state index in [0.717, 1.165) is 12.8 Å². The van der Waals surface area contributed by atoms with E-state index in [1.807, 2.05) is 13.8 Å². The van der Waals surface area contributed by atoms with Crippen LogP contribution in [0.25, 0.3) is 11.1 Å². The maximum Gasteiger partial charge on any atom is 0.0458 e. The van der Waals surface area contributed by atoms with Crippen molar-refractivity contribution in [2.24, 2.45) is 0 Å². The molecule has 0 unspecified atom stereocenters. The molecule has 0 heterocycles. The highest BCUT2D eigenvalue weighted by atomic mass is 15.1. The summed E-state index contributed by atoms with van der Waals surface area (Å²) >= 11 is 0. The van der Waals surface area contributed by atoms with Gasteiger partial charge in [-0.15, -0.1) is 0 Å². The molecule has 0 fully saturated rings. The van der Waals surface area contributed by atoms with Crippen LogP contribution in [0.15, 0.2) is 103 Å². The Kier molecular flexibility index (Phi) is 7.52. The number of hydrogen-bond donors (Lipinski definition) is 0. The summed E-state index contributed by atoms with van der Waals surface area (Å²) in [6, 6.07) is 28.5. The van der Waals surface area contributed by atoms with Crippen molar-refractivity contribution in [3.05, 3.63) is 108 Å². The Balaban J connectivity index is 0.00000132. The van der Waals surface area contributed by atoms with Crippen molar-refractivity contribution in [3.8, 4) is 11.1 Å². The average Bonchev–Trinajstić information content (AvgIpc) is 2.82. The summed E-state index contributed by atoms with van der Waals surface area (Å²) < 4.78 is 0. The van der Waals surface area contributed by atoms with Gasteiger partial charge in [-0.1, -0.05) is 101 Å². The van der Waals surface area contributed by atoms with Crippen LogP contribution in [-0.4, -0.2) is 0 Å². The fraction of sp³-hybridized carbons (Fsp3) is 0.267. The minimum atomic E-state index is 0.181. The van der Waals surface area contributed by atoms with Crippen molar-refractivity contribution < 1.29 is 0 Å². The molecular weight excluding hydrogens is 374 g/mol. The SMILES string of the molecule is CC.CC(C)(C)c1ccc(-c2ccc(N(C3=CC=CCC3)c3ccccc3)cc2)cc1. The Labute approximate surface area is 188 Å². The predicted octanol–water partition coefficient (Wildman–Crippen LogP) is 9.05. The highest BCUT2D eigenvalue weighted by Crippen LogP contribution is 2.34. The maximum absolute atomic E-state index is 2.37. The van der Waals surface area contributed by atoms with E-state index in [1.165, 1.54) is 33.8 Å². The molecule has 0 bridgehead atoms. The summed E-state index contributed by atoms with van der Waals surface area (Å²) in [7, 11) is 0. The van der Waals surface area contributed by atoms with Gasteiger partial charge in [0.2, 0.25) is 0 Å². The number of rotatable bonds is 4. The van der Waals surface area contributed by atoms with Crippen LogP contribution in [0.4, 0.5) is 11.4 Å². The molecule has 0 saturated heterocycles. The van der Waals surface area contributed by atoms with Gasteiger partial charge in [-0.3, -0.25) is 0 Å². The normalized spacial score (nSPS) is 13.1. The molecule has 1 heteroatoms. The zero-order chi connectivity index (χ0) is 22.3. The fourth-order valence-corrected chi connectivity index (χ4v) is 3.80. The summed E-state index contributed by atoms with van der Waals surface area (Å²) in [6.45, 7) is 10.8. The van der Waals surface area contributed by atoms with Gasteiger partial charge < -0.3 is 4.90 Å². The molecule has 0 aliphatic heterocycles. The fourth-order valence-electron chi connectivity index (χ4n) is 3.80. The lowest BCUT2D eigenvalue weighted by Crippen LogP contribution is -2.17. The van der Waals surface area contributed by atoms with Crippen LogP contribution in [-0.2, 0) is 5.41 Å². The van der Waals surface area contributed by atoms with Gasteiger partial charge in [0.15, 0.2) is 0 Å². The van der Waals surface area contributed by atoms with E-state index < -0.39 is 0 Å². The predicted molar refractivity (Wildman–Crippen MR) is 137 cm³/mol. The summed E-state index contributed by atoms with van der Waals surface area (Å²) in [5, 5.41) is 0. The van der Waals surface area contributed by atoms with Crippen molar-refractivity contribution in [2.75, 3.05) is 4.90 Å². The summed E-state index contributed by atoms with van der Waals surface area (Å²) in [5.41, 5.74) is 7.80. The second-order valence-corrected chi connectivity index (χ2v) is 8.67. The van der Waals surface area contributed by atoms with Gasteiger partial charge in [0.05, 0.1) is 0 Å². The van der Waals surface area contributed by atoms with Crippen LogP contribution < -0.4 is 4.90 Å². The van der Waals surface area contributed by atoms with Gasteiger partial charge in [-0.25, -0.2) is 0 Å². The van der Waals surface area contributed by atoms with Gasteiger partial charge in [0.25, 0.3) is 0 Å². The van der Waals surface area contributed by atoms with E-state index in [0.29, 0.717) is 0 Å². The minimum Gasteiger partial charge on any atom is -0.314 e. The van der Waals surface area contributed by atoms with Gasteiger partial charge in [0.1, 0.15) is 0 Å². The van der Waals surface area contributed by atoms with Crippen molar-refractivity contribution in [3.63, 3.8) is 0 Å². The zero-order valence-electron chi connectivity index (χ0n) is 19.6. The van der Waals surface area contributed by atoms with Crippen LogP contribution in [0.2, 0.25) is 0 Å². The molecule has 160 valence electrons. The van der Waals surface area contributed by atoms with Crippen molar-refractivity contribution >= 4 is 11.4 Å².